The summed E-state index contributed by atoms with van der Waals surface area (Å²) >= 11 is 0. The minimum absolute atomic E-state index is 0.222. The number of hydrogen-bond acceptors (Lipinski definition) is 3. The Morgan fingerprint density at radius 1 is 1.17 bits per heavy atom. The first kappa shape index (κ1) is 15.1. The second kappa shape index (κ2) is 6.16. The number of aromatic nitrogens is 1. The summed E-state index contributed by atoms with van der Waals surface area (Å²) in [4.78, 5) is 25.1. The van der Waals surface area contributed by atoms with Gasteiger partial charge in [-0.1, -0.05) is 30.3 Å². The number of nitrogens with zero attached hydrogens (tertiary/aromatic N) is 2. The fraction of sp³-hybridized carbons (Fsp3) is 0.294. The maximum Gasteiger partial charge on any atom is 0.410 e. The summed E-state index contributed by atoms with van der Waals surface area (Å²) in [6.07, 6.45) is -0.384. The third-order valence-electron chi connectivity index (χ3n) is 4.13. The second-order valence-corrected chi connectivity index (χ2v) is 5.51. The van der Waals surface area contributed by atoms with Crippen LogP contribution in [0.2, 0.25) is 0 Å². The van der Waals surface area contributed by atoms with Gasteiger partial charge in [0.2, 0.25) is 0 Å². The number of rotatable bonds is 3. The quantitative estimate of drug-likeness (QED) is 0.945. The molecule has 2 aromatic rings. The summed E-state index contributed by atoms with van der Waals surface area (Å²) in [7, 11) is 0. The van der Waals surface area contributed by atoms with Gasteiger partial charge in [-0.25, -0.2) is 9.59 Å². The first-order valence-corrected chi connectivity index (χ1v) is 7.48. The van der Waals surface area contributed by atoms with Gasteiger partial charge in [0, 0.05) is 18.8 Å². The van der Waals surface area contributed by atoms with E-state index in [-0.39, 0.29) is 24.4 Å². The van der Waals surface area contributed by atoms with Gasteiger partial charge in [0.15, 0.2) is 0 Å². The van der Waals surface area contributed by atoms with Crippen LogP contribution in [0.1, 0.15) is 34.7 Å². The molecule has 0 saturated carbocycles. The standard InChI is InChI=1S/C17H18N2O4/c1-12-14-7-8-15(16(20)21)19(14)10-9-18(12)17(22)23-11-13-5-3-2-4-6-13/h2-8,12H,9-11H2,1H3,(H,20,21)/t12-/m0/s1. The average Bonchev–Trinajstić information content (AvgIpc) is 2.99. The Labute approximate surface area is 133 Å². The molecular weight excluding hydrogens is 296 g/mol. The molecule has 0 fully saturated rings. The Morgan fingerprint density at radius 3 is 2.61 bits per heavy atom. The van der Waals surface area contributed by atoms with E-state index < -0.39 is 5.97 Å². The zero-order valence-electron chi connectivity index (χ0n) is 12.8. The molecule has 0 radical (unpaired) electrons. The Morgan fingerprint density at radius 2 is 1.91 bits per heavy atom. The molecule has 3 rings (SSSR count). The van der Waals surface area contributed by atoms with Crippen molar-refractivity contribution in [3.63, 3.8) is 0 Å². The van der Waals surface area contributed by atoms with Crippen molar-refractivity contribution < 1.29 is 19.4 Å². The molecule has 1 N–H and O–H groups in total. The minimum Gasteiger partial charge on any atom is -0.477 e. The lowest BCUT2D eigenvalue weighted by Gasteiger charge is -2.34. The molecule has 1 aromatic heterocycles. The van der Waals surface area contributed by atoms with Crippen molar-refractivity contribution in [3.05, 3.63) is 59.4 Å². The zero-order chi connectivity index (χ0) is 16.4. The van der Waals surface area contributed by atoms with Crippen LogP contribution < -0.4 is 0 Å². The maximum atomic E-state index is 12.3. The molecule has 6 nitrogen and oxygen atoms in total. The van der Waals surface area contributed by atoms with Crippen LogP contribution in [0.15, 0.2) is 42.5 Å². The lowest BCUT2D eigenvalue weighted by Crippen LogP contribution is -2.41. The van der Waals surface area contributed by atoms with Gasteiger partial charge < -0.3 is 14.4 Å². The van der Waals surface area contributed by atoms with Crippen LogP contribution >= 0.6 is 0 Å². The fourth-order valence-electron chi connectivity index (χ4n) is 2.90. The van der Waals surface area contributed by atoms with Crippen LogP contribution in [-0.4, -0.2) is 33.2 Å². The molecule has 1 amide bonds. The number of fused-ring (bicyclic) bond motifs is 1. The van der Waals surface area contributed by atoms with Gasteiger partial charge in [-0.3, -0.25) is 4.90 Å². The molecule has 23 heavy (non-hydrogen) atoms. The van der Waals surface area contributed by atoms with Crippen molar-refractivity contribution in [3.8, 4) is 0 Å². The van der Waals surface area contributed by atoms with E-state index in [1.165, 1.54) is 0 Å². The molecule has 6 heteroatoms. The van der Waals surface area contributed by atoms with Crippen molar-refractivity contribution in [2.24, 2.45) is 0 Å². The zero-order valence-corrected chi connectivity index (χ0v) is 12.8. The van der Waals surface area contributed by atoms with Crippen molar-refractivity contribution in [1.82, 2.24) is 9.47 Å². The second-order valence-electron chi connectivity index (χ2n) is 5.51. The molecule has 120 valence electrons. The molecule has 1 aliphatic heterocycles. The van der Waals surface area contributed by atoms with E-state index in [0.29, 0.717) is 13.1 Å². The van der Waals surface area contributed by atoms with E-state index in [4.69, 9.17) is 4.74 Å². The van der Waals surface area contributed by atoms with Gasteiger partial charge in [0.05, 0.1) is 6.04 Å². The van der Waals surface area contributed by atoms with Gasteiger partial charge >= 0.3 is 12.1 Å². The average molecular weight is 314 g/mol. The molecule has 2 heterocycles. The number of carbonyl (C=O) groups is 2. The molecule has 1 aliphatic rings. The Balaban J connectivity index is 1.69. The van der Waals surface area contributed by atoms with Crippen LogP contribution in [0.4, 0.5) is 4.79 Å². The van der Waals surface area contributed by atoms with Gasteiger partial charge in [-0.15, -0.1) is 0 Å². The summed E-state index contributed by atoms with van der Waals surface area (Å²) in [5, 5.41) is 9.18. The predicted molar refractivity (Wildman–Crippen MR) is 83.1 cm³/mol. The topological polar surface area (TPSA) is 71.8 Å². The van der Waals surface area contributed by atoms with Crippen molar-refractivity contribution in [2.75, 3.05) is 6.54 Å². The van der Waals surface area contributed by atoms with Crippen molar-refractivity contribution in [2.45, 2.75) is 26.1 Å². The number of carboxylic acids is 1. The third kappa shape index (κ3) is 2.92. The highest BCUT2D eigenvalue weighted by Crippen LogP contribution is 2.28. The molecule has 0 aliphatic carbocycles. The Bertz CT molecular complexity index is 723. The highest BCUT2D eigenvalue weighted by Gasteiger charge is 2.31. The monoisotopic (exact) mass is 314 g/mol. The number of ether oxygens (including phenoxy) is 1. The Hall–Kier alpha value is -2.76. The summed E-state index contributed by atoms with van der Waals surface area (Å²) in [5.41, 5.74) is 2.00. The number of benzene rings is 1. The number of aromatic carboxylic acids is 1. The molecule has 1 aromatic carbocycles. The molecule has 0 bridgehead atoms. The summed E-state index contributed by atoms with van der Waals surface area (Å²) in [6.45, 7) is 2.98. The van der Waals surface area contributed by atoms with E-state index in [0.717, 1.165) is 11.3 Å². The van der Waals surface area contributed by atoms with E-state index in [1.54, 1.807) is 21.6 Å². The predicted octanol–water partition coefficient (Wildman–Crippen LogP) is 2.90. The lowest BCUT2D eigenvalue weighted by atomic mass is 10.1. The number of carbonyl (C=O) groups excluding carboxylic acids is 1. The number of hydrogen-bond donors (Lipinski definition) is 1. The van der Waals surface area contributed by atoms with E-state index in [1.807, 2.05) is 37.3 Å². The van der Waals surface area contributed by atoms with E-state index in [9.17, 15) is 14.7 Å². The molecule has 0 saturated heterocycles. The van der Waals surface area contributed by atoms with Crippen LogP contribution in [0.5, 0.6) is 0 Å². The lowest BCUT2D eigenvalue weighted by molar-refractivity contribution is 0.0661. The highest BCUT2D eigenvalue weighted by molar-refractivity contribution is 5.86. The molecule has 0 unspecified atom stereocenters. The molecular formula is C17H18N2O4. The normalized spacial score (nSPS) is 16.7. The molecule has 0 spiro atoms. The number of carboxylic acid groups (broad SMARTS) is 1. The van der Waals surface area contributed by atoms with Gasteiger partial charge in [0.25, 0.3) is 0 Å². The van der Waals surface area contributed by atoms with Crippen LogP contribution in [0.25, 0.3) is 0 Å². The van der Waals surface area contributed by atoms with E-state index >= 15 is 0 Å². The fourth-order valence-corrected chi connectivity index (χ4v) is 2.90. The summed E-state index contributed by atoms with van der Waals surface area (Å²) < 4.78 is 7.11. The molecule has 1 atom stereocenters. The summed E-state index contributed by atoms with van der Waals surface area (Å²) in [5.74, 6) is -0.955. The van der Waals surface area contributed by atoms with Crippen LogP contribution in [0.3, 0.4) is 0 Å². The third-order valence-corrected chi connectivity index (χ3v) is 4.13. The van der Waals surface area contributed by atoms with Gasteiger partial charge in [-0.05, 0) is 24.6 Å². The first-order chi connectivity index (χ1) is 11.1. The maximum absolute atomic E-state index is 12.3. The minimum atomic E-state index is -0.955. The summed E-state index contributed by atoms with van der Waals surface area (Å²) in [6, 6.07) is 12.6. The first-order valence-electron chi connectivity index (χ1n) is 7.48. The SMILES string of the molecule is C[C@H]1c2ccc(C(=O)O)n2CCN1C(=O)OCc1ccccc1. The van der Waals surface area contributed by atoms with Gasteiger partial charge in [-0.2, -0.15) is 0 Å². The van der Waals surface area contributed by atoms with Gasteiger partial charge in [0.1, 0.15) is 12.3 Å². The largest absolute Gasteiger partial charge is 0.477 e. The van der Waals surface area contributed by atoms with Crippen molar-refractivity contribution >= 4 is 12.1 Å². The van der Waals surface area contributed by atoms with Crippen LogP contribution in [-0.2, 0) is 17.9 Å². The van der Waals surface area contributed by atoms with Crippen LogP contribution in [0, 0.1) is 0 Å². The Kier molecular flexibility index (Phi) is 4.06. The highest BCUT2D eigenvalue weighted by atomic mass is 16.6. The number of amides is 1. The smallest absolute Gasteiger partial charge is 0.410 e. The van der Waals surface area contributed by atoms with E-state index in [2.05, 4.69) is 0 Å². The van der Waals surface area contributed by atoms with Crippen molar-refractivity contribution in [1.29, 1.82) is 0 Å².